The van der Waals surface area contributed by atoms with Crippen LogP contribution < -0.4 is 0 Å². The predicted molar refractivity (Wildman–Crippen MR) is 122 cm³/mol. The van der Waals surface area contributed by atoms with Gasteiger partial charge in [-0.05, 0) is 61.7 Å². The van der Waals surface area contributed by atoms with Gasteiger partial charge in [0.2, 0.25) is 0 Å². The fraction of sp³-hybridized carbons (Fsp3) is 0.640. The van der Waals surface area contributed by atoms with Crippen molar-refractivity contribution >= 4 is 14.1 Å². The average molecular weight is 401 g/mol. The molecule has 0 heterocycles. The Labute approximate surface area is 173 Å². The molecule has 3 heteroatoms. The molecule has 1 saturated carbocycles. The summed E-state index contributed by atoms with van der Waals surface area (Å²) in [6, 6.07) is 10.7. The fourth-order valence-corrected chi connectivity index (χ4v) is 4.88. The summed E-state index contributed by atoms with van der Waals surface area (Å²) in [7, 11) is -1.81. The summed E-state index contributed by atoms with van der Waals surface area (Å²) in [5.41, 5.74) is 1.42. The Hall–Kier alpha value is -1.19. The van der Waals surface area contributed by atoms with Gasteiger partial charge in [-0.25, -0.2) is 0 Å². The first kappa shape index (κ1) is 23.1. The Morgan fingerprint density at radius 2 is 1.89 bits per heavy atom. The molecule has 2 rings (SSSR count). The SMILES string of the molecule is CC(C)(C)[Si](C)(C)OC(/C=C/C1CCCC(=O)C1)CCCCc1ccccc1. The average Bonchev–Trinajstić information content (AvgIpc) is 2.63. The lowest BCUT2D eigenvalue weighted by atomic mass is 9.88. The quantitative estimate of drug-likeness (QED) is 0.251. The molecule has 0 saturated heterocycles. The molecule has 0 amide bonds. The predicted octanol–water partition coefficient (Wildman–Crippen LogP) is 7.11. The number of benzene rings is 1. The van der Waals surface area contributed by atoms with Gasteiger partial charge in [0.25, 0.3) is 0 Å². The minimum Gasteiger partial charge on any atom is -0.411 e. The van der Waals surface area contributed by atoms with E-state index < -0.39 is 8.32 Å². The number of hydrogen-bond acceptors (Lipinski definition) is 2. The molecule has 1 aromatic rings. The Bertz CT molecular complexity index is 628. The van der Waals surface area contributed by atoms with E-state index in [1.807, 2.05) is 0 Å². The largest absolute Gasteiger partial charge is 0.411 e. The molecule has 0 spiro atoms. The monoisotopic (exact) mass is 400 g/mol. The summed E-state index contributed by atoms with van der Waals surface area (Å²) in [5, 5.41) is 0.212. The van der Waals surface area contributed by atoms with Gasteiger partial charge >= 0.3 is 0 Å². The van der Waals surface area contributed by atoms with Gasteiger partial charge in [0.15, 0.2) is 8.32 Å². The van der Waals surface area contributed by atoms with Crippen molar-refractivity contribution in [1.29, 1.82) is 0 Å². The van der Waals surface area contributed by atoms with E-state index in [1.54, 1.807) is 0 Å². The van der Waals surface area contributed by atoms with E-state index in [9.17, 15) is 4.79 Å². The van der Waals surface area contributed by atoms with Crippen LogP contribution in [-0.2, 0) is 15.6 Å². The molecule has 2 nitrogen and oxygen atoms in total. The van der Waals surface area contributed by atoms with E-state index >= 15 is 0 Å². The zero-order valence-electron chi connectivity index (χ0n) is 18.7. The number of rotatable bonds is 9. The summed E-state index contributed by atoms with van der Waals surface area (Å²) in [4.78, 5) is 11.8. The van der Waals surface area contributed by atoms with E-state index in [1.165, 1.54) is 18.4 Å². The van der Waals surface area contributed by atoms with Gasteiger partial charge in [0.05, 0.1) is 6.10 Å². The van der Waals surface area contributed by atoms with Crippen LogP contribution in [0.15, 0.2) is 42.5 Å². The first-order valence-electron chi connectivity index (χ1n) is 11.1. The second-order valence-electron chi connectivity index (χ2n) is 9.93. The highest BCUT2D eigenvalue weighted by Gasteiger charge is 2.38. The van der Waals surface area contributed by atoms with E-state index in [0.29, 0.717) is 11.7 Å². The summed E-state index contributed by atoms with van der Waals surface area (Å²) in [6.45, 7) is 11.6. The first-order chi connectivity index (χ1) is 13.2. The molecule has 0 radical (unpaired) electrons. The third kappa shape index (κ3) is 7.67. The zero-order valence-corrected chi connectivity index (χ0v) is 19.7. The maximum atomic E-state index is 11.8. The molecule has 1 fully saturated rings. The number of ketones is 1. The molecular weight excluding hydrogens is 360 g/mol. The first-order valence-corrected chi connectivity index (χ1v) is 14.0. The normalized spacial score (nSPS) is 19.9. The molecule has 1 aromatic carbocycles. The van der Waals surface area contributed by atoms with E-state index in [-0.39, 0.29) is 11.1 Å². The van der Waals surface area contributed by atoms with E-state index in [4.69, 9.17) is 4.43 Å². The molecule has 0 bridgehead atoms. The lowest BCUT2D eigenvalue weighted by Crippen LogP contribution is -2.43. The van der Waals surface area contributed by atoms with Gasteiger partial charge in [-0.2, -0.15) is 0 Å². The van der Waals surface area contributed by atoms with Crippen LogP contribution in [0.4, 0.5) is 0 Å². The number of Topliss-reactive ketones (excluding diaryl/α,β-unsaturated/α-hetero) is 1. The van der Waals surface area contributed by atoms with Crippen molar-refractivity contribution in [2.24, 2.45) is 5.92 Å². The minimum atomic E-state index is -1.81. The van der Waals surface area contributed by atoms with Crippen molar-refractivity contribution in [2.45, 2.75) is 96.4 Å². The molecule has 1 aliphatic carbocycles. The lowest BCUT2D eigenvalue weighted by molar-refractivity contribution is -0.121. The second kappa shape index (κ2) is 10.5. The molecule has 0 aliphatic heterocycles. The topological polar surface area (TPSA) is 26.3 Å². The van der Waals surface area contributed by atoms with E-state index in [0.717, 1.165) is 38.5 Å². The van der Waals surface area contributed by atoms with E-state index in [2.05, 4.69) is 76.3 Å². The van der Waals surface area contributed by atoms with Gasteiger partial charge < -0.3 is 4.43 Å². The lowest BCUT2D eigenvalue weighted by Gasteiger charge is -2.39. The molecule has 2 unspecified atom stereocenters. The number of unbranched alkanes of at least 4 members (excludes halogenated alkanes) is 1. The van der Waals surface area contributed by atoms with Crippen molar-refractivity contribution in [3.05, 3.63) is 48.0 Å². The van der Waals surface area contributed by atoms with Crippen molar-refractivity contribution in [3.8, 4) is 0 Å². The Morgan fingerprint density at radius 1 is 1.18 bits per heavy atom. The fourth-order valence-electron chi connectivity index (χ4n) is 3.57. The summed E-state index contributed by atoms with van der Waals surface area (Å²) >= 11 is 0. The molecule has 156 valence electrons. The van der Waals surface area contributed by atoms with Crippen molar-refractivity contribution in [1.82, 2.24) is 0 Å². The highest BCUT2D eigenvalue weighted by atomic mass is 28.4. The molecule has 28 heavy (non-hydrogen) atoms. The molecule has 1 aliphatic rings. The number of allylic oxidation sites excluding steroid dienone is 1. The smallest absolute Gasteiger partial charge is 0.192 e. The highest BCUT2D eigenvalue weighted by Crippen LogP contribution is 2.38. The second-order valence-corrected chi connectivity index (χ2v) is 14.7. The highest BCUT2D eigenvalue weighted by molar-refractivity contribution is 6.74. The summed E-state index contributed by atoms with van der Waals surface area (Å²) in [6.07, 6.45) is 13.0. The van der Waals surface area contributed by atoms with Gasteiger partial charge in [-0.15, -0.1) is 0 Å². The summed E-state index contributed by atoms with van der Waals surface area (Å²) < 4.78 is 6.74. The van der Waals surface area contributed by atoms with Crippen LogP contribution in [-0.4, -0.2) is 20.2 Å². The van der Waals surface area contributed by atoms with Crippen LogP contribution in [0.2, 0.25) is 18.1 Å². The molecule has 0 N–H and O–H groups in total. The molecular formula is C25H40O2Si. The van der Waals surface area contributed by atoms with Crippen LogP contribution in [0.5, 0.6) is 0 Å². The number of aryl methyl sites for hydroxylation is 1. The number of carbonyl (C=O) groups excluding carboxylic acids is 1. The van der Waals surface area contributed by atoms with Crippen LogP contribution in [0.25, 0.3) is 0 Å². The number of carbonyl (C=O) groups is 1. The van der Waals surface area contributed by atoms with Gasteiger partial charge in [-0.3, -0.25) is 4.79 Å². The summed E-state index contributed by atoms with van der Waals surface area (Å²) in [5.74, 6) is 0.835. The van der Waals surface area contributed by atoms with Gasteiger partial charge in [0, 0.05) is 12.8 Å². The maximum absolute atomic E-state index is 11.8. The Balaban J connectivity index is 1.93. The third-order valence-corrected chi connectivity index (χ3v) is 10.9. The Morgan fingerprint density at radius 3 is 2.54 bits per heavy atom. The van der Waals surface area contributed by atoms with Crippen LogP contribution >= 0.6 is 0 Å². The van der Waals surface area contributed by atoms with Crippen molar-refractivity contribution in [3.63, 3.8) is 0 Å². The van der Waals surface area contributed by atoms with Gasteiger partial charge in [0.1, 0.15) is 5.78 Å². The molecule has 0 aromatic heterocycles. The van der Waals surface area contributed by atoms with Crippen LogP contribution in [0.1, 0.15) is 71.3 Å². The number of hydrogen-bond donors (Lipinski definition) is 0. The maximum Gasteiger partial charge on any atom is 0.192 e. The Kier molecular flexibility index (Phi) is 8.70. The van der Waals surface area contributed by atoms with Crippen molar-refractivity contribution in [2.75, 3.05) is 0 Å². The van der Waals surface area contributed by atoms with Gasteiger partial charge in [-0.1, -0.05) is 69.7 Å². The molecule has 2 atom stereocenters. The van der Waals surface area contributed by atoms with Crippen LogP contribution in [0, 0.1) is 5.92 Å². The minimum absolute atomic E-state index is 0.175. The van der Waals surface area contributed by atoms with Crippen molar-refractivity contribution < 1.29 is 9.22 Å². The standard InChI is InChI=1S/C25H40O2Si/c1-25(2,3)28(4,5)27-24(19-18-22-15-11-16-23(26)20-22)17-10-9-14-21-12-7-6-8-13-21/h6-8,12-13,18-19,22,24H,9-11,14-17,20H2,1-5H3/b19-18+. The van der Waals surface area contributed by atoms with Crippen LogP contribution in [0.3, 0.4) is 0 Å². The third-order valence-electron chi connectivity index (χ3n) is 6.42. The zero-order chi connectivity index (χ0) is 20.6.